The minimum absolute atomic E-state index is 0.0608. The highest BCUT2D eigenvalue weighted by molar-refractivity contribution is 6.29. The van der Waals surface area contributed by atoms with Crippen LogP contribution in [-0.2, 0) is 0 Å². The number of nitrogens with zero attached hydrogens (tertiary/aromatic N) is 3. The van der Waals surface area contributed by atoms with E-state index in [1.807, 2.05) is 6.92 Å². The van der Waals surface area contributed by atoms with Gasteiger partial charge in [-0.3, -0.25) is 0 Å². The molecule has 1 rings (SSSR count). The quantitative estimate of drug-likeness (QED) is 0.822. The molecule has 0 aromatic carbocycles. The van der Waals surface area contributed by atoms with E-state index in [1.54, 1.807) is 6.07 Å². The number of hydrogen-bond acceptors (Lipinski definition) is 4. The van der Waals surface area contributed by atoms with Gasteiger partial charge in [-0.25, -0.2) is 9.97 Å². The van der Waals surface area contributed by atoms with Gasteiger partial charge >= 0.3 is 0 Å². The van der Waals surface area contributed by atoms with Crippen LogP contribution in [0.3, 0.4) is 0 Å². The first-order chi connectivity index (χ1) is 7.31. The summed E-state index contributed by atoms with van der Waals surface area (Å²) < 4.78 is 0. The highest BCUT2D eigenvalue weighted by Gasteiger charge is 2.20. The molecule has 0 aliphatic heterocycles. The van der Waals surface area contributed by atoms with Gasteiger partial charge in [-0.2, -0.15) is 0 Å². The van der Waals surface area contributed by atoms with Crippen LogP contribution < -0.4 is 5.32 Å². The number of hydrogen-bond donors (Lipinski definition) is 1. The smallest absolute Gasteiger partial charge is 0.134 e. The molecule has 0 aliphatic rings. The molecule has 0 saturated carbocycles. The molecule has 5 heteroatoms. The Morgan fingerprint density at radius 3 is 2.50 bits per heavy atom. The van der Waals surface area contributed by atoms with Crippen molar-refractivity contribution >= 4 is 17.4 Å². The number of aromatic nitrogens is 2. The number of likely N-dealkylation sites (N-methyl/N-ethyl adjacent to an activating group) is 1. The minimum Gasteiger partial charge on any atom is -0.368 e. The Labute approximate surface area is 102 Å². The summed E-state index contributed by atoms with van der Waals surface area (Å²) in [4.78, 5) is 10.5. The maximum atomic E-state index is 5.86. The molecule has 1 heterocycles. The zero-order valence-electron chi connectivity index (χ0n) is 10.5. The Bertz CT molecular complexity index is 343. The summed E-state index contributed by atoms with van der Waals surface area (Å²) in [6.45, 7) is 6.95. The van der Waals surface area contributed by atoms with E-state index in [0.717, 1.165) is 12.4 Å². The molecular formula is C11H19ClN4. The van der Waals surface area contributed by atoms with E-state index in [0.29, 0.717) is 11.0 Å². The molecule has 0 atom stereocenters. The third-order valence-electron chi connectivity index (χ3n) is 2.72. The molecule has 0 saturated heterocycles. The Balaban J connectivity index is 2.68. The maximum absolute atomic E-state index is 5.86. The van der Waals surface area contributed by atoms with Crippen molar-refractivity contribution in [2.75, 3.05) is 26.0 Å². The maximum Gasteiger partial charge on any atom is 0.134 e. The average molecular weight is 243 g/mol. The molecule has 1 aromatic rings. The van der Waals surface area contributed by atoms with Crippen LogP contribution in [0.15, 0.2) is 6.07 Å². The summed E-state index contributed by atoms with van der Waals surface area (Å²) >= 11 is 5.86. The molecule has 0 fully saturated rings. The molecule has 0 spiro atoms. The number of rotatable bonds is 4. The number of halogens is 1. The summed E-state index contributed by atoms with van der Waals surface area (Å²) in [6, 6.07) is 1.74. The highest BCUT2D eigenvalue weighted by Crippen LogP contribution is 2.14. The topological polar surface area (TPSA) is 41.1 Å². The Morgan fingerprint density at radius 1 is 1.38 bits per heavy atom. The van der Waals surface area contributed by atoms with Gasteiger partial charge < -0.3 is 10.2 Å². The van der Waals surface area contributed by atoms with Crippen LogP contribution in [0.25, 0.3) is 0 Å². The van der Waals surface area contributed by atoms with Gasteiger partial charge in [0.25, 0.3) is 0 Å². The van der Waals surface area contributed by atoms with Crippen LogP contribution in [0.4, 0.5) is 5.82 Å². The van der Waals surface area contributed by atoms with Crippen molar-refractivity contribution in [1.29, 1.82) is 0 Å². The Kier molecular flexibility index (Phi) is 4.10. The van der Waals surface area contributed by atoms with Gasteiger partial charge in [-0.1, -0.05) is 11.6 Å². The molecule has 0 bridgehead atoms. The van der Waals surface area contributed by atoms with Gasteiger partial charge in [0.15, 0.2) is 0 Å². The average Bonchev–Trinajstić information content (AvgIpc) is 2.13. The standard InChI is InChI=1S/C11H19ClN4/c1-8-14-9(12)6-10(15-8)13-7-11(2,3)16(4)5/h6H,7H2,1-5H3,(H,13,14,15). The predicted molar refractivity (Wildman–Crippen MR) is 68.0 cm³/mol. The van der Waals surface area contributed by atoms with Crippen LogP contribution in [0, 0.1) is 6.92 Å². The molecule has 1 N–H and O–H groups in total. The second-order valence-corrected chi connectivity index (χ2v) is 5.07. The normalized spacial score (nSPS) is 11.9. The van der Waals surface area contributed by atoms with E-state index >= 15 is 0 Å². The fourth-order valence-corrected chi connectivity index (χ4v) is 1.31. The summed E-state index contributed by atoms with van der Waals surface area (Å²) in [7, 11) is 4.11. The van der Waals surface area contributed by atoms with Crippen LogP contribution in [0.1, 0.15) is 19.7 Å². The summed E-state index contributed by atoms with van der Waals surface area (Å²) in [6.07, 6.45) is 0. The molecule has 0 unspecified atom stereocenters. The lowest BCUT2D eigenvalue weighted by atomic mass is 10.0. The molecular weight excluding hydrogens is 224 g/mol. The molecule has 4 nitrogen and oxygen atoms in total. The van der Waals surface area contributed by atoms with Gasteiger partial charge in [0.05, 0.1) is 0 Å². The van der Waals surface area contributed by atoms with Crippen molar-refractivity contribution < 1.29 is 0 Å². The Hall–Kier alpha value is -0.870. The molecule has 0 aliphatic carbocycles. The second kappa shape index (κ2) is 4.97. The van der Waals surface area contributed by atoms with E-state index in [1.165, 1.54) is 0 Å². The third kappa shape index (κ3) is 3.61. The van der Waals surface area contributed by atoms with E-state index in [4.69, 9.17) is 11.6 Å². The number of anilines is 1. The summed E-state index contributed by atoms with van der Waals surface area (Å²) in [5.41, 5.74) is 0.0608. The minimum atomic E-state index is 0.0608. The predicted octanol–water partition coefficient (Wildman–Crippen LogP) is 2.19. The largest absolute Gasteiger partial charge is 0.368 e. The van der Waals surface area contributed by atoms with Crippen molar-refractivity contribution in [3.05, 3.63) is 17.0 Å². The summed E-state index contributed by atoms with van der Waals surface area (Å²) in [5.74, 6) is 1.45. The van der Waals surface area contributed by atoms with Gasteiger partial charge in [-0.05, 0) is 34.9 Å². The van der Waals surface area contributed by atoms with E-state index in [-0.39, 0.29) is 5.54 Å². The molecule has 90 valence electrons. The van der Waals surface area contributed by atoms with Gasteiger partial charge in [0.1, 0.15) is 16.8 Å². The van der Waals surface area contributed by atoms with Gasteiger partial charge in [0, 0.05) is 18.2 Å². The van der Waals surface area contributed by atoms with Crippen LogP contribution in [-0.4, -0.2) is 41.0 Å². The zero-order valence-corrected chi connectivity index (χ0v) is 11.3. The number of aryl methyl sites for hydroxylation is 1. The van der Waals surface area contributed by atoms with E-state index in [2.05, 4.69) is 48.1 Å². The molecule has 1 aromatic heterocycles. The molecule has 0 amide bonds. The first kappa shape index (κ1) is 13.2. The lowest BCUT2D eigenvalue weighted by Crippen LogP contribution is -2.44. The fraction of sp³-hybridized carbons (Fsp3) is 0.636. The molecule has 0 radical (unpaired) electrons. The van der Waals surface area contributed by atoms with Crippen LogP contribution >= 0.6 is 11.6 Å². The van der Waals surface area contributed by atoms with E-state index < -0.39 is 0 Å². The van der Waals surface area contributed by atoms with Crippen molar-refractivity contribution in [2.45, 2.75) is 26.3 Å². The fourth-order valence-electron chi connectivity index (χ4n) is 1.09. The van der Waals surface area contributed by atoms with Crippen molar-refractivity contribution in [1.82, 2.24) is 14.9 Å². The lowest BCUT2D eigenvalue weighted by Gasteiger charge is -2.32. The van der Waals surface area contributed by atoms with Crippen LogP contribution in [0.5, 0.6) is 0 Å². The summed E-state index contributed by atoms with van der Waals surface area (Å²) in [5, 5.41) is 3.74. The number of nitrogens with one attached hydrogen (secondary N) is 1. The first-order valence-corrected chi connectivity index (χ1v) is 5.61. The SMILES string of the molecule is Cc1nc(Cl)cc(NCC(C)(C)N(C)C)n1. The highest BCUT2D eigenvalue weighted by atomic mass is 35.5. The third-order valence-corrected chi connectivity index (χ3v) is 2.91. The zero-order chi connectivity index (χ0) is 12.3. The van der Waals surface area contributed by atoms with Crippen LogP contribution in [0.2, 0.25) is 5.15 Å². The lowest BCUT2D eigenvalue weighted by molar-refractivity contribution is 0.210. The van der Waals surface area contributed by atoms with Crippen molar-refractivity contribution in [2.24, 2.45) is 0 Å². The monoisotopic (exact) mass is 242 g/mol. The second-order valence-electron chi connectivity index (χ2n) is 4.68. The van der Waals surface area contributed by atoms with E-state index in [9.17, 15) is 0 Å². The van der Waals surface area contributed by atoms with Crippen molar-refractivity contribution in [3.8, 4) is 0 Å². The van der Waals surface area contributed by atoms with Gasteiger partial charge in [-0.15, -0.1) is 0 Å². The Morgan fingerprint density at radius 2 is 2.00 bits per heavy atom. The van der Waals surface area contributed by atoms with Crippen molar-refractivity contribution in [3.63, 3.8) is 0 Å². The first-order valence-electron chi connectivity index (χ1n) is 5.24. The van der Waals surface area contributed by atoms with Gasteiger partial charge in [0.2, 0.25) is 0 Å². The molecule has 16 heavy (non-hydrogen) atoms.